The zero-order valence-corrected chi connectivity index (χ0v) is 14.7. The quantitative estimate of drug-likeness (QED) is 0.698. The molecule has 0 radical (unpaired) electrons. The summed E-state index contributed by atoms with van der Waals surface area (Å²) in [5.74, 6) is -0.0770. The van der Waals surface area contributed by atoms with Gasteiger partial charge in [-0.15, -0.1) is 10.2 Å². The first-order valence-electron chi connectivity index (χ1n) is 7.93. The molecule has 1 heterocycles. The topological polar surface area (TPSA) is 64.8 Å². The van der Waals surface area contributed by atoms with Crippen LogP contribution >= 0.6 is 0 Å². The fourth-order valence-corrected chi connectivity index (χ4v) is 4.23. The van der Waals surface area contributed by atoms with Crippen LogP contribution in [0.3, 0.4) is 0 Å². The SMILES string of the molecule is CCn1c(-c2ccccc2)nnc1S(=O)(=O)C(C)c1ccccc1F. The third kappa shape index (κ3) is 3.07. The van der Waals surface area contributed by atoms with E-state index in [4.69, 9.17) is 0 Å². The van der Waals surface area contributed by atoms with Gasteiger partial charge in [-0.3, -0.25) is 4.57 Å². The molecule has 1 aromatic heterocycles. The molecule has 0 aliphatic heterocycles. The van der Waals surface area contributed by atoms with Crippen LogP contribution in [0.1, 0.15) is 24.7 Å². The molecule has 5 nitrogen and oxygen atoms in total. The number of nitrogens with zero attached hydrogens (tertiary/aromatic N) is 3. The second-order valence-electron chi connectivity index (χ2n) is 5.63. The summed E-state index contributed by atoms with van der Waals surface area (Å²) in [4.78, 5) is 0. The number of hydrogen-bond donors (Lipinski definition) is 0. The van der Waals surface area contributed by atoms with E-state index in [9.17, 15) is 12.8 Å². The molecule has 3 aromatic rings. The molecule has 0 saturated heterocycles. The van der Waals surface area contributed by atoms with Gasteiger partial charge in [0.15, 0.2) is 5.82 Å². The number of aromatic nitrogens is 3. The van der Waals surface area contributed by atoms with Crippen LogP contribution in [0, 0.1) is 5.82 Å². The maximum atomic E-state index is 14.0. The van der Waals surface area contributed by atoms with E-state index in [0.29, 0.717) is 12.4 Å². The van der Waals surface area contributed by atoms with E-state index in [2.05, 4.69) is 10.2 Å². The molecule has 0 amide bonds. The smallest absolute Gasteiger partial charge is 0.250 e. The Balaban J connectivity index is 2.10. The molecule has 0 N–H and O–H groups in total. The highest BCUT2D eigenvalue weighted by Gasteiger charge is 2.32. The van der Waals surface area contributed by atoms with Crippen LogP contribution in [0.25, 0.3) is 11.4 Å². The zero-order valence-electron chi connectivity index (χ0n) is 13.9. The number of rotatable bonds is 5. The van der Waals surface area contributed by atoms with Gasteiger partial charge in [0.1, 0.15) is 5.82 Å². The highest BCUT2D eigenvalue weighted by Crippen LogP contribution is 2.31. The molecule has 0 saturated carbocycles. The van der Waals surface area contributed by atoms with Crippen LogP contribution in [0.2, 0.25) is 0 Å². The predicted molar refractivity (Wildman–Crippen MR) is 93.1 cm³/mol. The Bertz CT molecular complexity index is 985. The number of halogens is 1. The lowest BCUT2D eigenvalue weighted by atomic mass is 10.1. The molecule has 2 aromatic carbocycles. The zero-order chi connectivity index (χ0) is 18.0. The van der Waals surface area contributed by atoms with Crippen molar-refractivity contribution in [3.63, 3.8) is 0 Å². The third-order valence-electron chi connectivity index (χ3n) is 4.13. The van der Waals surface area contributed by atoms with Gasteiger partial charge in [0.2, 0.25) is 9.84 Å². The van der Waals surface area contributed by atoms with Gasteiger partial charge in [0.25, 0.3) is 5.16 Å². The van der Waals surface area contributed by atoms with Crippen LogP contribution in [0.4, 0.5) is 4.39 Å². The molecule has 0 spiro atoms. The summed E-state index contributed by atoms with van der Waals surface area (Å²) in [5, 5.41) is 6.76. The van der Waals surface area contributed by atoms with Crippen molar-refractivity contribution < 1.29 is 12.8 Å². The average molecular weight is 359 g/mol. The fraction of sp³-hybridized carbons (Fsp3) is 0.222. The van der Waals surface area contributed by atoms with Gasteiger partial charge in [-0.05, 0) is 19.9 Å². The van der Waals surface area contributed by atoms with Gasteiger partial charge in [-0.1, -0.05) is 48.5 Å². The van der Waals surface area contributed by atoms with Crippen LogP contribution in [-0.2, 0) is 16.4 Å². The monoisotopic (exact) mass is 359 g/mol. The maximum Gasteiger partial charge on any atom is 0.250 e. The van der Waals surface area contributed by atoms with Crippen molar-refractivity contribution in [1.29, 1.82) is 0 Å². The lowest BCUT2D eigenvalue weighted by Gasteiger charge is -2.14. The molecule has 3 rings (SSSR count). The highest BCUT2D eigenvalue weighted by atomic mass is 32.2. The lowest BCUT2D eigenvalue weighted by molar-refractivity contribution is 0.552. The van der Waals surface area contributed by atoms with Gasteiger partial charge in [0, 0.05) is 17.7 Å². The summed E-state index contributed by atoms with van der Waals surface area (Å²) in [6.45, 7) is 3.67. The standard InChI is InChI=1S/C18H18FN3O2S/c1-3-22-17(14-9-5-4-6-10-14)20-21-18(22)25(23,24)13(2)15-11-7-8-12-16(15)19/h4-13H,3H2,1-2H3. The Morgan fingerprint density at radius 1 is 1.04 bits per heavy atom. The minimum Gasteiger partial charge on any atom is -0.298 e. The second kappa shape index (κ2) is 6.76. The average Bonchev–Trinajstić information content (AvgIpc) is 3.07. The molecular weight excluding hydrogens is 341 g/mol. The summed E-state index contributed by atoms with van der Waals surface area (Å²) in [6.07, 6.45) is 0. The van der Waals surface area contributed by atoms with E-state index < -0.39 is 20.9 Å². The minimum atomic E-state index is -3.90. The van der Waals surface area contributed by atoms with Gasteiger partial charge >= 0.3 is 0 Å². The Labute approximate surface area is 146 Å². The predicted octanol–water partition coefficient (Wildman–Crippen LogP) is 3.64. The molecule has 1 unspecified atom stereocenters. The molecule has 130 valence electrons. The van der Waals surface area contributed by atoms with Crippen molar-refractivity contribution in [3.8, 4) is 11.4 Å². The summed E-state index contributed by atoms with van der Waals surface area (Å²) >= 11 is 0. The van der Waals surface area contributed by atoms with E-state index in [1.54, 1.807) is 10.6 Å². The van der Waals surface area contributed by atoms with Crippen molar-refractivity contribution in [2.45, 2.75) is 30.8 Å². The van der Waals surface area contributed by atoms with Gasteiger partial charge < -0.3 is 0 Å². The van der Waals surface area contributed by atoms with Crippen LogP contribution in [-0.4, -0.2) is 23.2 Å². The number of sulfone groups is 1. The van der Waals surface area contributed by atoms with Crippen molar-refractivity contribution >= 4 is 9.84 Å². The minimum absolute atomic E-state index is 0.120. The summed E-state index contributed by atoms with van der Waals surface area (Å²) < 4.78 is 41.6. The van der Waals surface area contributed by atoms with E-state index in [0.717, 1.165) is 5.56 Å². The van der Waals surface area contributed by atoms with Gasteiger partial charge in [-0.25, -0.2) is 12.8 Å². The Hall–Kier alpha value is -2.54. The van der Waals surface area contributed by atoms with E-state index in [1.165, 1.54) is 25.1 Å². The van der Waals surface area contributed by atoms with Crippen LogP contribution in [0.15, 0.2) is 59.8 Å². The van der Waals surface area contributed by atoms with Crippen molar-refractivity contribution in [1.82, 2.24) is 14.8 Å². The Kier molecular flexibility index (Phi) is 4.67. The third-order valence-corrected chi connectivity index (χ3v) is 6.12. The van der Waals surface area contributed by atoms with Crippen molar-refractivity contribution in [2.75, 3.05) is 0 Å². The summed E-state index contributed by atoms with van der Waals surface area (Å²) in [6, 6.07) is 15.1. The van der Waals surface area contributed by atoms with E-state index in [-0.39, 0.29) is 10.7 Å². The lowest BCUT2D eigenvalue weighted by Crippen LogP contribution is -2.17. The van der Waals surface area contributed by atoms with E-state index in [1.807, 2.05) is 37.3 Å². The van der Waals surface area contributed by atoms with Crippen molar-refractivity contribution in [3.05, 3.63) is 66.0 Å². The van der Waals surface area contributed by atoms with E-state index >= 15 is 0 Å². The first kappa shape index (κ1) is 17.3. The van der Waals surface area contributed by atoms with Crippen LogP contribution in [0.5, 0.6) is 0 Å². The molecule has 25 heavy (non-hydrogen) atoms. The summed E-state index contributed by atoms with van der Waals surface area (Å²) in [5.41, 5.74) is 0.895. The molecule has 0 aliphatic rings. The Morgan fingerprint density at radius 3 is 2.32 bits per heavy atom. The first-order chi connectivity index (χ1) is 12.0. The fourth-order valence-electron chi connectivity index (χ4n) is 2.72. The first-order valence-corrected chi connectivity index (χ1v) is 9.48. The van der Waals surface area contributed by atoms with Crippen molar-refractivity contribution in [2.24, 2.45) is 0 Å². The van der Waals surface area contributed by atoms with Crippen LogP contribution < -0.4 is 0 Å². The number of benzene rings is 2. The molecule has 0 fully saturated rings. The van der Waals surface area contributed by atoms with Gasteiger partial charge in [0.05, 0.1) is 5.25 Å². The highest BCUT2D eigenvalue weighted by molar-refractivity contribution is 7.91. The number of hydrogen-bond acceptors (Lipinski definition) is 4. The van der Waals surface area contributed by atoms with Gasteiger partial charge in [-0.2, -0.15) is 0 Å². The molecule has 0 aliphatic carbocycles. The largest absolute Gasteiger partial charge is 0.298 e. The summed E-state index contributed by atoms with van der Waals surface area (Å²) in [7, 11) is -3.90. The molecule has 0 bridgehead atoms. The molecular formula is C18H18FN3O2S. The molecule has 7 heteroatoms. The maximum absolute atomic E-state index is 14.0. The second-order valence-corrected chi connectivity index (χ2v) is 7.79. The Morgan fingerprint density at radius 2 is 1.68 bits per heavy atom. The molecule has 1 atom stereocenters. The normalized spacial score (nSPS) is 12.9.